The van der Waals surface area contributed by atoms with E-state index in [2.05, 4.69) is 17.6 Å². The first kappa shape index (κ1) is 17.9. The molecule has 4 heteroatoms. The Hall–Kier alpha value is -2.49. The van der Waals surface area contributed by atoms with Gasteiger partial charge in [0, 0.05) is 5.69 Å². The summed E-state index contributed by atoms with van der Waals surface area (Å²) in [5, 5.41) is 6.14. The number of aryl methyl sites for hydroxylation is 2. The molecule has 2 aromatic carbocycles. The summed E-state index contributed by atoms with van der Waals surface area (Å²) in [6.07, 6.45) is 2.11. The van der Waals surface area contributed by atoms with Gasteiger partial charge < -0.3 is 15.4 Å². The van der Waals surface area contributed by atoms with Crippen LogP contribution in [0.15, 0.2) is 42.5 Å². The van der Waals surface area contributed by atoms with Crippen molar-refractivity contribution in [1.82, 2.24) is 0 Å². The number of nitrogens with one attached hydrogen (secondary N) is 2. The lowest BCUT2D eigenvalue weighted by Crippen LogP contribution is -2.23. The highest BCUT2D eigenvalue weighted by Crippen LogP contribution is 2.24. The highest BCUT2D eigenvalue weighted by molar-refractivity contribution is 5.95. The quantitative estimate of drug-likeness (QED) is 0.701. The SMILES string of the molecule is CCCCOc1ccccc1NCC(=O)Nc1c(C)cccc1C. The number of rotatable bonds is 8. The zero-order chi connectivity index (χ0) is 17.4. The third-order valence-electron chi connectivity index (χ3n) is 3.83. The molecule has 0 atom stereocenters. The first-order valence-corrected chi connectivity index (χ1v) is 8.43. The van der Waals surface area contributed by atoms with Gasteiger partial charge in [0.2, 0.25) is 5.91 Å². The highest BCUT2D eigenvalue weighted by atomic mass is 16.5. The van der Waals surface area contributed by atoms with Crippen LogP contribution in [0.3, 0.4) is 0 Å². The van der Waals surface area contributed by atoms with Crippen molar-refractivity contribution in [3.63, 3.8) is 0 Å². The van der Waals surface area contributed by atoms with E-state index in [0.717, 1.165) is 41.1 Å². The van der Waals surface area contributed by atoms with Crippen molar-refractivity contribution in [2.75, 3.05) is 23.8 Å². The Labute approximate surface area is 144 Å². The van der Waals surface area contributed by atoms with E-state index in [9.17, 15) is 4.79 Å². The number of unbranched alkanes of at least 4 members (excludes halogenated alkanes) is 1. The Balaban J connectivity index is 1.94. The smallest absolute Gasteiger partial charge is 0.243 e. The molecule has 0 radical (unpaired) electrons. The fourth-order valence-electron chi connectivity index (χ4n) is 2.44. The number of carbonyl (C=O) groups is 1. The summed E-state index contributed by atoms with van der Waals surface area (Å²) in [5.41, 5.74) is 3.85. The predicted molar refractivity (Wildman–Crippen MR) is 99.9 cm³/mol. The van der Waals surface area contributed by atoms with Crippen molar-refractivity contribution in [3.05, 3.63) is 53.6 Å². The molecular weight excluding hydrogens is 300 g/mol. The predicted octanol–water partition coefficient (Wildman–Crippen LogP) is 4.53. The van der Waals surface area contributed by atoms with Crippen molar-refractivity contribution >= 4 is 17.3 Å². The van der Waals surface area contributed by atoms with Crippen molar-refractivity contribution in [2.45, 2.75) is 33.6 Å². The summed E-state index contributed by atoms with van der Waals surface area (Å²) in [6.45, 7) is 7.00. The van der Waals surface area contributed by atoms with Crippen LogP contribution in [0.4, 0.5) is 11.4 Å². The molecule has 0 aliphatic heterocycles. The van der Waals surface area contributed by atoms with Crippen LogP contribution in [-0.2, 0) is 4.79 Å². The monoisotopic (exact) mass is 326 g/mol. The molecule has 0 heterocycles. The normalized spacial score (nSPS) is 10.3. The van der Waals surface area contributed by atoms with Crippen LogP contribution < -0.4 is 15.4 Å². The van der Waals surface area contributed by atoms with E-state index in [1.165, 1.54) is 0 Å². The van der Waals surface area contributed by atoms with Crippen LogP contribution in [0.2, 0.25) is 0 Å². The Kier molecular flexibility index (Phi) is 6.67. The van der Waals surface area contributed by atoms with Gasteiger partial charge in [-0.3, -0.25) is 4.79 Å². The van der Waals surface area contributed by atoms with E-state index in [-0.39, 0.29) is 12.5 Å². The largest absolute Gasteiger partial charge is 0.491 e. The Morgan fingerprint density at radius 3 is 2.46 bits per heavy atom. The summed E-state index contributed by atoms with van der Waals surface area (Å²) in [4.78, 5) is 12.2. The fraction of sp³-hybridized carbons (Fsp3) is 0.350. The topological polar surface area (TPSA) is 50.4 Å². The number of ether oxygens (including phenoxy) is 1. The van der Waals surface area contributed by atoms with Gasteiger partial charge in [-0.25, -0.2) is 0 Å². The third-order valence-corrected chi connectivity index (χ3v) is 3.83. The summed E-state index contributed by atoms with van der Waals surface area (Å²) in [7, 11) is 0. The zero-order valence-electron chi connectivity index (χ0n) is 14.7. The molecule has 0 aliphatic carbocycles. The number of para-hydroxylation sites is 3. The first-order valence-electron chi connectivity index (χ1n) is 8.43. The van der Waals surface area contributed by atoms with Gasteiger partial charge in [0.05, 0.1) is 18.8 Å². The lowest BCUT2D eigenvalue weighted by Gasteiger charge is -2.14. The first-order chi connectivity index (χ1) is 11.6. The minimum Gasteiger partial charge on any atom is -0.491 e. The summed E-state index contributed by atoms with van der Waals surface area (Å²) >= 11 is 0. The Bertz CT molecular complexity index is 663. The summed E-state index contributed by atoms with van der Waals surface area (Å²) in [6, 6.07) is 13.7. The molecule has 0 aromatic heterocycles. The molecule has 0 spiro atoms. The van der Waals surface area contributed by atoms with Crippen LogP contribution in [0.25, 0.3) is 0 Å². The maximum Gasteiger partial charge on any atom is 0.243 e. The van der Waals surface area contributed by atoms with Crippen molar-refractivity contribution in [1.29, 1.82) is 0 Å². The lowest BCUT2D eigenvalue weighted by molar-refractivity contribution is -0.114. The minimum atomic E-state index is -0.0734. The third kappa shape index (κ3) is 5.01. The number of hydrogen-bond donors (Lipinski definition) is 2. The molecular formula is C20H26N2O2. The molecule has 1 amide bonds. The van der Waals surface area contributed by atoms with Gasteiger partial charge in [0.15, 0.2) is 0 Å². The second-order valence-corrected chi connectivity index (χ2v) is 5.87. The molecule has 0 unspecified atom stereocenters. The van der Waals surface area contributed by atoms with Gasteiger partial charge in [-0.2, -0.15) is 0 Å². The number of amides is 1. The van der Waals surface area contributed by atoms with Gasteiger partial charge in [-0.05, 0) is 43.5 Å². The standard InChI is InChI=1S/C20H26N2O2/c1-4-5-13-24-18-12-7-6-11-17(18)21-14-19(23)22-20-15(2)9-8-10-16(20)3/h6-12,21H,4-5,13-14H2,1-3H3,(H,22,23). The second kappa shape index (κ2) is 8.96. The van der Waals surface area contributed by atoms with E-state index in [1.807, 2.05) is 56.3 Å². The number of carbonyl (C=O) groups excluding carboxylic acids is 1. The lowest BCUT2D eigenvalue weighted by atomic mass is 10.1. The van der Waals surface area contributed by atoms with Gasteiger partial charge in [-0.1, -0.05) is 43.7 Å². The van der Waals surface area contributed by atoms with Crippen LogP contribution in [0, 0.1) is 13.8 Å². The van der Waals surface area contributed by atoms with Crippen molar-refractivity contribution in [2.24, 2.45) is 0 Å². The zero-order valence-corrected chi connectivity index (χ0v) is 14.7. The molecule has 4 nitrogen and oxygen atoms in total. The maximum absolute atomic E-state index is 12.2. The maximum atomic E-state index is 12.2. The van der Waals surface area contributed by atoms with Crippen LogP contribution in [0.1, 0.15) is 30.9 Å². The number of hydrogen-bond acceptors (Lipinski definition) is 3. The molecule has 2 aromatic rings. The van der Waals surface area contributed by atoms with E-state index < -0.39 is 0 Å². The van der Waals surface area contributed by atoms with Gasteiger partial charge >= 0.3 is 0 Å². The molecule has 0 saturated carbocycles. The fourth-order valence-corrected chi connectivity index (χ4v) is 2.44. The second-order valence-electron chi connectivity index (χ2n) is 5.87. The van der Waals surface area contributed by atoms with Crippen LogP contribution in [0.5, 0.6) is 5.75 Å². The van der Waals surface area contributed by atoms with Gasteiger partial charge in [0.1, 0.15) is 5.75 Å². The molecule has 0 bridgehead atoms. The van der Waals surface area contributed by atoms with E-state index in [4.69, 9.17) is 4.74 Å². The number of benzene rings is 2. The Morgan fingerprint density at radius 2 is 1.75 bits per heavy atom. The van der Waals surface area contributed by atoms with E-state index in [0.29, 0.717) is 6.61 Å². The highest BCUT2D eigenvalue weighted by Gasteiger charge is 2.09. The molecule has 0 fully saturated rings. The van der Waals surface area contributed by atoms with Crippen LogP contribution in [-0.4, -0.2) is 19.1 Å². The van der Waals surface area contributed by atoms with Gasteiger partial charge in [0.25, 0.3) is 0 Å². The average molecular weight is 326 g/mol. The summed E-state index contributed by atoms with van der Waals surface area (Å²) < 4.78 is 5.77. The Morgan fingerprint density at radius 1 is 1.04 bits per heavy atom. The van der Waals surface area contributed by atoms with Crippen molar-refractivity contribution in [3.8, 4) is 5.75 Å². The van der Waals surface area contributed by atoms with Crippen LogP contribution >= 0.6 is 0 Å². The number of anilines is 2. The molecule has 2 N–H and O–H groups in total. The summed E-state index contributed by atoms with van der Waals surface area (Å²) in [5.74, 6) is 0.710. The molecule has 24 heavy (non-hydrogen) atoms. The molecule has 128 valence electrons. The molecule has 0 saturated heterocycles. The average Bonchev–Trinajstić information content (AvgIpc) is 2.58. The van der Waals surface area contributed by atoms with E-state index >= 15 is 0 Å². The van der Waals surface area contributed by atoms with Crippen molar-refractivity contribution < 1.29 is 9.53 Å². The molecule has 2 rings (SSSR count). The van der Waals surface area contributed by atoms with Gasteiger partial charge in [-0.15, -0.1) is 0 Å². The van der Waals surface area contributed by atoms with E-state index in [1.54, 1.807) is 0 Å². The minimum absolute atomic E-state index is 0.0734. The molecule has 0 aliphatic rings.